The highest BCUT2D eigenvalue weighted by Crippen LogP contribution is 2.18. The van der Waals surface area contributed by atoms with Gasteiger partial charge in [-0.2, -0.15) is 0 Å². The van der Waals surface area contributed by atoms with Crippen LogP contribution in [0.25, 0.3) is 0 Å². The molecule has 0 bridgehead atoms. The Kier molecular flexibility index (Phi) is 3.06. The number of anilines is 1. The van der Waals surface area contributed by atoms with Gasteiger partial charge in [0, 0.05) is 5.56 Å². The van der Waals surface area contributed by atoms with Crippen molar-refractivity contribution >= 4 is 5.69 Å². The van der Waals surface area contributed by atoms with Crippen molar-refractivity contribution in [3.05, 3.63) is 28.8 Å². The van der Waals surface area contributed by atoms with Crippen LogP contribution in [0, 0.1) is 25.7 Å². The molecule has 0 aliphatic heterocycles. The molecule has 0 aliphatic rings. The van der Waals surface area contributed by atoms with E-state index < -0.39 is 5.60 Å². The molecule has 15 heavy (non-hydrogen) atoms. The van der Waals surface area contributed by atoms with Crippen molar-refractivity contribution in [1.82, 2.24) is 0 Å². The van der Waals surface area contributed by atoms with Gasteiger partial charge in [-0.15, -0.1) is 0 Å². The fourth-order valence-corrected chi connectivity index (χ4v) is 1.30. The zero-order chi connectivity index (χ0) is 11.6. The standard InChI is InChI=1S/C13H17NO/c1-9-7-10(2)12(14)11(8-9)5-6-13(3,4)15/h7-8,15H,14H2,1-4H3. The monoisotopic (exact) mass is 203 g/mol. The van der Waals surface area contributed by atoms with E-state index in [4.69, 9.17) is 5.73 Å². The predicted molar refractivity (Wildman–Crippen MR) is 63.5 cm³/mol. The minimum atomic E-state index is -0.982. The number of rotatable bonds is 0. The molecule has 0 saturated carbocycles. The van der Waals surface area contributed by atoms with Gasteiger partial charge in [0.2, 0.25) is 0 Å². The van der Waals surface area contributed by atoms with Gasteiger partial charge < -0.3 is 10.8 Å². The zero-order valence-corrected chi connectivity index (χ0v) is 9.68. The highest BCUT2D eigenvalue weighted by Gasteiger charge is 2.07. The quantitative estimate of drug-likeness (QED) is 0.500. The lowest BCUT2D eigenvalue weighted by Crippen LogP contribution is -2.14. The molecule has 0 atom stereocenters. The first-order valence-corrected chi connectivity index (χ1v) is 4.92. The Bertz CT molecular complexity index is 430. The summed E-state index contributed by atoms with van der Waals surface area (Å²) in [5, 5.41) is 9.49. The molecule has 0 aromatic heterocycles. The Labute approximate surface area is 91.1 Å². The van der Waals surface area contributed by atoms with Crippen LogP contribution in [0.4, 0.5) is 5.69 Å². The SMILES string of the molecule is Cc1cc(C)c(N)c(C#CC(C)(C)O)c1. The zero-order valence-electron chi connectivity index (χ0n) is 9.68. The molecule has 1 aromatic carbocycles. The summed E-state index contributed by atoms with van der Waals surface area (Å²) in [6, 6.07) is 3.95. The highest BCUT2D eigenvalue weighted by atomic mass is 16.3. The van der Waals surface area contributed by atoms with Crippen molar-refractivity contribution in [2.24, 2.45) is 0 Å². The lowest BCUT2D eigenvalue weighted by Gasteiger charge is -2.08. The first-order chi connectivity index (χ1) is 6.79. The summed E-state index contributed by atoms with van der Waals surface area (Å²) in [6.45, 7) is 7.26. The Hall–Kier alpha value is -1.46. The Morgan fingerprint density at radius 2 is 1.87 bits per heavy atom. The molecule has 0 radical (unpaired) electrons. The summed E-state index contributed by atoms with van der Waals surface area (Å²) in [7, 11) is 0. The highest BCUT2D eigenvalue weighted by molar-refractivity contribution is 5.61. The van der Waals surface area contributed by atoms with Crippen molar-refractivity contribution in [2.75, 3.05) is 5.73 Å². The fraction of sp³-hybridized carbons (Fsp3) is 0.385. The van der Waals surface area contributed by atoms with Gasteiger partial charge in [0.25, 0.3) is 0 Å². The molecule has 80 valence electrons. The number of hydrogen-bond acceptors (Lipinski definition) is 2. The molecule has 2 nitrogen and oxygen atoms in total. The average Bonchev–Trinajstić information content (AvgIpc) is 2.07. The molecule has 1 rings (SSSR count). The number of nitrogens with two attached hydrogens (primary N) is 1. The maximum Gasteiger partial charge on any atom is 0.120 e. The minimum Gasteiger partial charge on any atom is -0.398 e. The minimum absolute atomic E-state index is 0.692. The van der Waals surface area contributed by atoms with E-state index in [2.05, 4.69) is 11.8 Å². The van der Waals surface area contributed by atoms with E-state index in [0.717, 1.165) is 16.7 Å². The number of benzene rings is 1. The third-order valence-electron chi connectivity index (χ3n) is 2.03. The summed E-state index contributed by atoms with van der Waals surface area (Å²) < 4.78 is 0. The van der Waals surface area contributed by atoms with Crippen LogP contribution in [0.3, 0.4) is 0 Å². The van der Waals surface area contributed by atoms with Crippen LogP contribution in [0.5, 0.6) is 0 Å². The van der Waals surface area contributed by atoms with Crippen LogP contribution in [-0.2, 0) is 0 Å². The van der Waals surface area contributed by atoms with Gasteiger partial charge in [0.1, 0.15) is 5.60 Å². The molecular weight excluding hydrogens is 186 g/mol. The number of aryl methyl sites for hydroxylation is 2. The maximum absolute atomic E-state index is 9.49. The first-order valence-electron chi connectivity index (χ1n) is 4.92. The Morgan fingerprint density at radius 3 is 2.40 bits per heavy atom. The second-order valence-electron chi connectivity index (χ2n) is 4.35. The van der Waals surface area contributed by atoms with Gasteiger partial charge in [-0.25, -0.2) is 0 Å². The van der Waals surface area contributed by atoms with Gasteiger partial charge >= 0.3 is 0 Å². The molecule has 2 heteroatoms. The van der Waals surface area contributed by atoms with Crippen LogP contribution in [0.1, 0.15) is 30.5 Å². The summed E-state index contributed by atoms with van der Waals surface area (Å²) in [5.74, 6) is 5.67. The molecule has 0 fully saturated rings. The summed E-state index contributed by atoms with van der Waals surface area (Å²) in [4.78, 5) is 0. The largest absolute Gasteiger partial charge is 0.398 e. The van der Waals surface area contributed by atoms with E-state index in [0.29, 0.717) is 5.69 Å². The van der Waals surface area contributed by atoms with E-state index in [1.807, 2.05) is 26.0 Å². The van der Waals surface area contributed by atoms with Crippen molar-refractivity contribution in [2.45, 2.75) is 33.3 Å². The smallest absolute Gasteiger partial charge is 0.120 e. The topological polar surface area (TPSA) is 46.2 Å². The van der Waals surface area contributed by atoms with Gasteiger partial charge in [-0.05, 0) is 44.9 Å². The third kappa shape index (κ3) is 3.30. The van der Waals surface area contributed by atoms with E-state index in [-0.39, 0.29) is 0 Å². The number of aliphatic hydroxyl groups is 1. The van der Waals surface area contributed by atoms with Crippen LogP contribution >= 0.6 is 0 Å². The molecule has 3 N–H and O–H groups in total. The summed E-state index contributed by atoms with van der Waals surface area (Å²) in [5.41, 5.74) is 8.54. The van der Waals surface area contributed by atoms with Crippen molar-refractivity contribution in [3.8, 4) is 11.8 Å². The molecule has 0 saturated heterocycles. The van der Waals surface area contributed by atoms with Crippen molar-refractivity contribution < 1.29 is 5.11 Å². The molecular formula is C13H17NO. The average molecular weight is 203 g/mol. The maximum atomic E-state index is 9.49. The molecule has 0 amide bonds. The summed E-state index contributed by atoms with van der Waals surface area (Å²) in [6.07, 6.45) is 0. The van der Waals surface area contributed by atoms with E-state index >= 15 is 0 Å². The Balaban J connectivity index is 3.20. The van der Waals surface area contributed by atoms with Gasteiger partial charge in [0.05, 0.1) is 5.69 Å². The van der Waals surface area contributed by atoms with Gasteiger partial charge in [0.15, 0.2) is 0 Å². The molecule has 0 heterocycles. The van der Waals surface area contributed by atoms with E-state index in [9.17, 15) is 5.11 Å². The Morgan fingerprint density at radius 1 is 1.27 bits per heavy atom. The second-order valence-corrected chi connectivity index (χ2v) is 4.35. The van der Waals surface area contributed by atoms with Crippen molar-refractivity contribution in [1.29, 1.82) is 0 Å². The molecule has 1 aromatic rings. The second kappa shape index (κ2) is 3.96. The van der Waals surface area contributed by atoms with Gasteiger partial charge in [-0.3, -0.25) is 0 Å². The fourth-order valence-electron chi connectivity index (χ4n) is 1.30. The molecule has 0 aliphatic carbocycles. The number of nitrogen functional groups attached to an aromatic ring is 1. The summed E-state index contributed by atoms with van der Waals surface area (Å²) >= 11 is 0. The lowest BCUT2D eigenvalue weighted by atomic mass is 10.0. The predicted octanol–water partition coefficient (Wildman–Crippen LogP) is 2.01. The first kappa shape index (κ1) is 11.6. The molecule has 0 unspecified atom stereocenters. The lowest BCUT2D eigenvalue weighted by molar-refractivity contribution is 0.143. The molecule has 0 spiro atoms. The van der Waals surface area contributed by atoms with E-state index in [1.165, 1.54) is 0 Å². The van der Waals surface area contributed by atoms with Crippen LogP contribution in [0.15, 0.2) is 12.1 Å². The normalized spacial score (nSPS) is 10.7. The third-order valence-corrected chi connectivity index (χ3v) is 2.03. The van der Waals surface area contributed by atoms with E-state index in [1.54, 1.807) is 13.8 Å². The number of hydrogen-bond donors (Lipinski definition) is 2. The van der Waals surface area contributed by atoms with Crippen LogP contribution < -0.4 is 5.73 Å². The van der Waals surface area contributed by atoms with Crippen molar-refractivity contribution in [3.63, 3.8) is 0 Å². The van der Waals surface area contributed by atoms with Crippen LogP contribution in [0.2, 0.25) is 0 Å². The van der Waals surface area contributed by atoms with Crippen LogP contribution in [-0.4, -0.2) is 10.7 Å². The van der Waals surface area contributed by atoms with Gasteiger partial charge in [-0.1, -0.05) is 17.9 Å².